The standard InChI is InChI=1S/C18H22N4O/c23-18(19-14-15-8-4-3-5-9-15)16-10-11-17(21-20-16)22-12-6-1-2-7-13-22/h3-5,8-11H,1-2,6-7,12-14H2,(H,19,23). The molecule has 1 aliphatic rings. The summed E-state index contributed by atoms with van der Waals surface area (Å²) in [6.07, 6.45) is 4.95. The lowest BCUT2D eigenvalue weighted by atomic mass is 10.2. The van der Waals surface area contributed by atoms with Crippen molar-refractivity contribution in [2.24, 2.45) is 0 Å². The Labute approximate surface area is 136 Å². The Kier molecular flexibility index (Phi) is 5.19. The van der Waals surface area contributed by atoms with Crippen molar-refractivity contribution in [2.45, 2.75) is 32.2 Å². The van der Waals surface area contributed by atoms with E-state index >= 15 is 0 Å². The van der Waals surface area contributed by atoms with Crippen LogP contribution in [0.1, 0.15) is 41.7 Å². The topological polar surface area (TPSA) is 58.1 Å². The Morgan fingerprint density at radius 2 is 1.70 bits per heavy atom. The molecule has 0 saturated carbocycles. The lowest BCUT2D eigenvalue weighted by Crippen LogP contribution is -2.27. The molecule has 1 N–H and O–H groups in total. The van der Waals surface area contributed by atoms with Gasteiger partial charge in [-0.3, -0.25) is 4.79 Å². The van der Waals surface area contributed by atoms with E-state index in [2.05, 4.69) is 20.4 Å². The molecular formula is C18H22N4O. The molecule has 2 heterocycles. The van der Waals surface area contributed by atoms with Crippen LogP contribution in [0, 0.1) is 0 Å². The summed E-state index contributed by atoms with van der Waals surface area (Å²) in [6, 6.07) is 13.5. The molecule has 0 atom stereocenters. The molecular weight excluding hydrogens is 288 g/mol. The number of aromatic nitrogens is 2. The molecule has 0 aliphatic carbocycles. The van der Waals surface area contributed by atoms with Gasteiger partial charge in [-0.2, -0.15) is 0 Å². The summed E-state index contributed by atoms with van der Waals surface area (Å²) < 4.78 is 0. The van der Waals surface area contributed by atoms with Crippen molar-refractivity contribution in [1.29, 1.82) is 0 Å². The minimum absolute atomic E-state index is 0.191. The van der Waals surface area contributed by atoms with Gasteiger partial charge in [-0.1, -0.05) is 43.2 Å². The highest BCUT2D eigenvalue weighted by atomic mass is 16.1. The van der Waals surface area contributed by atoms with Crippen molar-refractivity contribution in [3.63, 3.8) is 0 Å². The number of nitrogens with one attached hydrogen (secondary N) is 1. The van der Waals surface area contributed by atoms with Crippen molar-refractivity contribution in [2.75, 3.05) is 18.0 Å². The van der Waals surface area contributed by atoms with Gasteiger partial charge in [0.05, 0.1) is 0 Å². The first-order valence-corrected chi connectivity index (χ1v) is 8.24. The maximum Gasteiger partial charge on any atom is 0.272 e. The lowest BCUT2D eigenvalue weighted by molar-refractivity contribution is 0.0945. The second kappa shape index (κ2) is 7.72. The third kappa shape index (κ3) is 4.28. The zero-order chi connectivity index (χ0) is 15.9. The molecule has 1 saturated heterocycles. The minimum atomic E-state index is -0.191. The summed E-state index contributed by atoms with van der Waals surface area (Å²) in [5.41, 5.74) is 1.43. The van der Waals surface area contributed by atoms with Crippen molar-refractivity contribution in [3.05, 3.63) is 53.7 Å². The highest BCUT2D eigenvalue weighted by Crippen LogP contribution is 2.16. The van der Waals surface area contributed by atoms with Gasteiger partial charge >= 0.3 is 0 Å². The van der Waals surface area contributed by atoms with Crippen LogP contribution in [0.15, 0.2) is 42.5 Å². The maximum atomic E-state index is 12.1. The van der Waals surface area contributed by atoms with Crippen LogP contribution in [0.2, 0.25) is 0 Å². The van der Waals surface area contributed by atoms with Crippen LogP contribution in [0.25, 0.3) is 0 Å². The zero-order valence-electron chi connectivity index (χ0n) is 13.2. The fourth-order valence-electron chi connectivity index (χ4n) is 2.78. The highest BCUT2D eigenvalue weighted by Gasteiger charge is 2.13. The number of amides is 1. The number of rotatable bonds is 4. The van der Waals surface area contributed by atoms with Crippen molar-refractivity contribution in [3.8, 4) is 0 Å². The average molecular weight is 310 g/mol. The van der Waals surface area contributed by atoms with Gasteiger partial charge in [-0.25, -0.2) is 0 Å². The minimum Gasteiger partial charge on any atom is -0.355 e. The lowest BCUT2D eigenvalue weighted by Gasteiger charge is -2.20. The monoisotopic (exact) mass is 310 g/mol. The fourth-order valence-corrected chi connectivity index (χ4v) is 2.78. The average Bonchev–Trinajstić information content (AvgIpc) is 2.90. The largest absolute Gasteiger partial charge is 0.355 e. The number of hydrogen-bond acceptors (Lipinski definition) is 4. The summed E-state index contributed by atoms with van der Waals surface area (Å²) >= 11 is 0. The van der Waals surface area contributed by atoms with Crippen molar-refractivity contribution < 1.29 is 4.79 Å². The molecule has 0 radical (unpaired) electrons. The molecule has 1 fully saturated rings. The number of anilines is 1. The molecule has 1 aromatic carbocycles. The molecule has 2 aromatic rings. The first kappa shape index (κ1) is 15.5. The van der Waals surface area contributed by atoms with Gasteiger partial charge in [0.15, 0.2) is 11.5 Å². The summed E-state index contributed by atoms with van der Waals surface area (Å²) in [5.74, 6) is 0.676. The number of hydrogen-bond donors (Lipinski definition) is 1. The Morgan fingerprint density at radius 3 is 2.35 bits per heavy atom. The van der Waals surface area contributed by atoms with Crippen LogP contribution in [0.4, 0.5) is 5.82 Å². The summed E-state index contributed by atoms with van der Waals surface area (Å²) in [6.45, 7) is 2.54. The first-order chi connectivity index (χ1) is 11.3. The van der Waals surface area contributed by atoms with Gasteiger partial charge in [0.25, 0.3) is 5.91 Å². The maximum absolute atomic E-state index is 12.1. The van der Waals surface area contributed by atoms with Crippen LogP contribution in [-0.2, 0) is 6.54 Å². The van der Waals surface area contributed by atoms with Crippen LogP contribution in [-0.4, -0.2) is 29.2 Å². The van der Waals surface area contributed by atoms with E-state index in [-0.39, 0.29) is 5.91 Å². The quantitative estimate of drug-likeness (QED) is 0.943. The Hall–Kier alpha value is -2.43. The molecule has 120 valence electrons. The first-order valence-electron chi connectivity index (χ1n) is 8.24. The number of carbonyl (C=O) groups is 1. The SMILES string of the molecule is O=C(NCc1ccccc1)c1ccc(N2CCCCCC2)nn1. The van der Waals surface area contributed by atoms with E-state index in [1.165, 1.54) is 25.7 Å². The van der Waals surface area contributed by atoms with Gasteiger partial charge in [0, 0.05) is 19.6 Å². The van der Waals surface area contributed by atoms with Gasteiger partial charge in [0.1, 0.15) is 0 Å². The normalized spacial score (nSPS) is 15.0. The van der Waals surface area contributed by atoms with Gasteiger partial charge < -0.3 is 10.2 Å². The Balaban J connectivity index is 1.58. The number of carbonyl (C=O) groups excluding carboxylic acids is 1. The Bertz CT molecular complexity index is 619. The van der Waals surface area contributed by atoms with Gasteiger partial charge in [0.2, 0.25) is 0 Å². The van der Waals surface area contributed by atoms with E-state index in [1.807, 2.05) is 36.4 Å². The van der Waals surface area contributed by atoms with Gasteiger partial charge in [-0.15, -0.1) is 10.2 Å². The van der Waals surface area contributed by atoms with E-state index in [4.69, 9.17) is 0 Å². The predicted octanol–water partition coefficient (Wildman–Crippen LogP) is 2.79. The number of benzene rings is 1. The van der Waals surface area contributed by atoms with Gasteiger partial charge in [-0.05, 0) is 30.5 Å². The predicted molar refractivity (Wildman–Crippen MR) is 90.3 cm³/mol. The second-order valence-electron chi connectivity index (χ2n) is 5.85. The molecule has 0 spiro atoms. The molecule has 1 aromatic heterocycles. The molecule has 23 heavy (non-hydrogen) atoms. The second-order valence-corrected chi connectivity index (χ2v) is 5.85. The molecule has 1 aliphatic heterocycles. The van der Waals surface area contributed by atoms with E-state index in [0.29, 0.717) is 12.2 Å². The third-order valence-corrected chi connectivity index (χ3v) is 4.11. The molecule has 1 amide bonds. The summed E-state index contributed by atoms with van der Waals surface area (Å²) in [7, 11) is 0. The Morgan fingerprint density at radius 1 is 0.957 bits per heavy atom. The highest BCUT2D eigenvalue weighted by molar-refractivity contribution is 5.92. The summed E-state index contributed by atoms with van der Waals surface area (Å²) in [4.78, 5) is 14.4. The zero-order valence-corrected chi connectivity index (χ0v) is 13.2. The van der Waals surface area contributed by atoms with Crippen LogP contribution in [0.3, 0.4) is 0 Å². The van der Waals surface area contributed by atoms with E-state index in [9.17, 15) is 4.79 Å². The molecule has 5 heteroatoms. The van der Waals surface area contributed by atoms with Crippen molar-refractivity contribution >= 4 is 11.7 Å². The summed E-state index contributed by atoms with van der Waals surface area (Å²) in [5, 5.41) is 11.2. The van der Waals surface area contributed by atoms with Crippen LogP contribution in [0.5, 0.6) is 0 Å². The molecule has 5 nitrogen and oxygen atoms in total. The van der Waals surface area contributed by atoms with Crippen molar-refractivity contribution in [1.82, 2.24) is 15.5 Å². The molecule has 0 bridgehead atoms. The van der Waals surface area contributed by atoms with E-state index < -0.39 is 0 Å². The van der Waals surface area contributed by atoms with E-state index in [1.54, 1.807) is 6.07 Å². The third-order valence-electron chi connectivity index (χ3n) is 4.11. The van der Waals surface area contributed by atoms with Crippen LogP contribution < -0.4 is 10.2 Å². The van der Waals surface area contributed by atoms with E-state index in [0.717, 1.165) is 24.5 Å². The number of nitrogens with zero attached hydrogens (tertiary/aromatic N) is 3. The smallest absolute Gasteiger partial charge is 0.272 e. The van der Waals surface area contributed by atoms with Crippen LogP contribution >= 0.6 is 0 Å². The molecule has 3 rings (SSSR count). The fraction of sp³-hybridized carbons (Fsp3) is 0.389. The molecule has 0 unspecified atom stereocenters.